The second-order valence-electron chi connectivity index (χ2n) is 4.86. The molecule has 1 aromatic rings. The molecule has 1 saturated heterocycles. The number of nitrogens with one attached hydrogen (secondary N) is 3. The first-order valence-corrected chi connectivity index (χ1v) is 7.29. The van der Waals surface area contributed by atoms with Crippen molar-refractivity contribution >= 4 is 35.0 Å². The third-order valence-electron chi connectivity index (χ3n) is 3.23. The van der Waals surface area contributed by atoms with Crippen LogP contribution in [0.3, 0.4) is 0 Å². The molecule has 2 unspecified atom stereocenters. The lowest BCUT2D eigenvalue weighted by Crippen LogP contribution is -2.53. The summed E-state index contributed by atoms with van der Waals surface area (Å²) in [6.45, 7) is 0. The summed E-state index contributed by atoms with van der Waals surface area (Å²) in [4.78, 5) is 35.4. The highest BCUT2D eigenvalue weighted by Crippen LogP contribution is 2.16. The number of rotatable bonds is 4. The molecular weight excluding hydrogens is 310 g/mol. The van der Waals surface area contributed by atoms with Crippen molar-refractivity contribution in [1.29, 1.82) is 0 Å². The van der Waals surface area contributed by atoms with Crippen LogP contribution in [0.5, 0.6) is 0 Å². The Balaban J connectivity index is 2.09. The summed E-state index contributed by atoms with van der Waals surface area (Å²) in [7, 11) is 0. The quantitative estimate of drug-likeness (QED) is 0.593. The Morgan fingerprint density at radius 3 is 2.73 bits per heavy atom. The smallest absolute Gasteiger partial charge is 0.254 e. The lowest BCUT2D eigenvalue weighted by Gasteiger charge is -2.26. The first-order chi connectivity index (χ1) is 10.5. The van der Waals surface area contributed by atoms with Crippen LogP contribution in [-0.4, -0.2) is 41.0 Å². The van der Waals surface area contributed by atoms with Crippen molar-refractivity contribution in [3.05, 3.63) is 29.8 Å². The maximum absolute atomic E-state index is 12.3. The van der Waals surface area contributed by atoms with Crippen LogP contribution in [0.4, 0.5) is 5.69 Å². The average Bonchev–Trinajstić information content (AvgIpc) is 2.50. The van der Waals surface area contributed by atoms with Gasteiger partial charge in [-0.05, 0) is 25.0 Å². The maximum atomic E-state index is 12.3. The standard InChI is InChI=1S/C14H16ClN3O4/c15-7-12(20)16-9-4-2-1-3-8(9)13(21)17-10-5-6-11(19)18-14(10)22/h1-4,10-11,19H,5-7H2,(H,16,20)(H,17,21)(H,18,22). The van der Waals surface area contributed by atoms with Crippen molar-refractivity contribution in [3.63, 3.8) is 0 Å². The van der Waals surface area contributed by atoms with E-state index in [2.05, 4.69) is 16.0 Å². The van der Waals surface area contributed by atoms with Crippen molar-refractivity contribution in [1.82, 2.24) is 10.6 Å². The molecule has 2 rings (SSSR count). The van der Waals surface area contributed by atoms with Gasteiger partial charge in [-0.2, -0.15) is 0 Å². The second-order valence-corrected chi connectivity index (χ2v) is 5.12. The van der Waals surface area contributed by atoms with Crippen LogP contribution >= 0.6 is 11.6 Å². The fourth-order valence-electron chi connectivity index (χ4n) is 2.14. The van der Waals surface area contributed by atoms with Gasteiger partial charge in [-0.15, -0.1) is 11.6 Å². The van der Waals surface area contributed by atoms with E-state index in [1.165, 1.54) is 6.07 Å². The van der Waals surface area contributed by atoms with E-state index in [0.29, 0.717) is 18.5 Å². The summed E-state index contributed by atoms with van der Waals surface area (Å²) in [5.74, 6) is -1.57. The predicted octanol–water partition coefficient (Wildman–Crippen LogP) is 0.191. The summed E-state index contributed by atoms with van der Waals surface area (Å²) in [5, 5.41) is 16.8. The zero-order valence-electron chi connectivity index (χ0n) is 11.6. The maximum Gasteiger partial charge on any atom is 0.254 e. The molecule has 1 aliphatic heterocycles. The van der Waals surface area contributed by atoms with Crippen molar-refractivity contribution < 1.29 is 19.5 Å². The van der Waals surface area contributed by atoms with Crippen molar-refractivity contribution in [3.8, 4) is 0 Å². The number of carbonyl (C=O) groups excluding carboxylic acids is 3. The van der Waals surface area contributed by atoms with Gasteiger partial charge in [0.25, 0.3) is 5.91 Å². The van der Waals surface area contributed by atoms with Gasteiger partial charge in [-0.3, -0.25) is 14.4 Å². The van der Waals surface area contributed by atoms with Gasteiger partial charge in [-0.25, -0.2) is 0 Å². The Morgan fingerprint density at radius 2 is 2.05 bits per heavy atom. The number of anilines is 1. The average molecular weight is 326 g/mol. The van der Waals surface area contributed by atoms with Crippen LogP contribution in [0, 0.1) is 0 Å². The van der Waals surface area contributed by atoms with E-state index in [9.17, 15) is 19.5 Å². The first-order valence-electron chi connectivity index (χ1n) is 6.75. The number of amides is 3. The summed E-state index contributed by atoms with van der Waals surface area (Å²) < 4.78 is 0. The Labute approximate surface area is 132 Å². The highest BCUT2D eigenvalue weighted by atomic mass is 35.5. The van der Waals surface area contributed by atoms with Crippen LogP contribution < -0.4 is 16.0 Å². The number of para-hydroxylation sites is 1. The normalized spacial score (nSPS) is 20.9. The summed E-state index contributed by atoms with van der Waals surface area (Å²) in [6, 6.07) is 5.71. The minimum absolute atomic E-state index is 0.223. The molecule has 1 fully saturated rings. The third kappa shape index (κ3) is 3.96. The third-order valence-corrected chi connectivity index (χ3v) is 3.47. The zero-order chi connectivity index (χ0) is 16.1. The van der Waals surface area contributed by atoms with E-state index in [1.807, 2.05) is 0 Å². The van der Waals surface area contributed by atoms with Gasteiger partial charge < -0.3 is 21.1 Å². The van der Waals surface area contributed by atoms with Gasteiger partial charge in [0.1, 0.15) is 18.1 Å². The van der Waals surface area contributed by atoms with Crippen molar-refractivity contribution in [2.75, 3.05) is 11.2 Å². The van der Waals surface area contributed by atoms with Gasteiger partial charge in [0.2, 0.25) is 11.8 Å². The second kappa shape index (κ2) is 7.24. The molecule has 0 radical (unpaired) electrons. The van der Waals surface area contributed by atoms with Crippen LogP contribution in [0.15, 0.2) is 24.3 Å². The number of aliphatic hydroxyl groups excluding tert-OH is 1. The van der Waals surface area contributed by atoms with E-state index in [-0.39, 0.29) is 11.4 Å². The summed E-state index contributed by atoms with van der Waals surface area (Å²) in [5.41, 5.74) is 0.557. The Kier molecular flexibility index (Phi) is 5.35. The minimum Gasteiger partial charge on any atom is -0.374 e. The highest BCUT2D eigenvalue weighted by Gasteiger charge is 2.28. The molecule has 0 aromatic heterocycles. The molecule has 1 heterocycles. The molecule has 2 atom stereocenters. The number of carbonyl (C=O) groups is 3. The van der Waals surface area contributed by atoms with E-state index < -0.39 is 30.0 Å². The molecule has 0 spiro atoms. The summed E-state index contributed by atoms with van der Waals surface area (Å²) in [6.07, 6.45) is -0.174. The molecule has 0 aliphatic carbocycles. The highest BCUT2D eigenvalue weighted by molar-refractivity contribution is 6.29. The molecule has 0 saturated carbocycles. The van der Waals surface area contributed by atoms with Gasteiger partial charge in [0, 0.05) is 0 Å². The first kappa shape index (κ1) is 16.3. The number of piperidine rings is 1. The number of alkyl halides is 1. The van der Waals surface area contributed by atoms with Gasteiger partial charge >= 0.3 is 0 Å². The number of hydrogen-bond donors (Lipinski definition) is 4. The Bertz CT molecular complexity index is 593. The lowest BCUT2D eigenvalue weighted by atomic mass is 10.0. The van der Waals surface area contributed by atoms with Crippen LogP contribution in [0.1, 0.15) is 23.2 Å². The molecule has 8 heteroatoms. The van der Waals surface area contributed by atoms with Crippen molar-refractivity contribution in [2.24, 2.45) is 0 Å². The monoisotopic (exact) mass is 325 g/mol. The Morgan fingerprint density at radius 1 is 1.32 bits per heavy atom. The van der Waals surface area contributed by atoms with Gasteiger partial charge in [-0.1, -0.05) is 12.1 Å². The topological polar surface area (TPSA) is 108 Å². The molecule has 118 valence electrons. The van der Waals surface area contributed by atoms with E-state index in [0.717, 1.165) is 0 Å². The largest absolute Gasteiger partial charge is 0.374 e. The molecular formula is C14H16ClN3O4. The minimum atomic E-state index is -0.879. The number of benzene rings is 1. The van der Waals surface area contributed by atoms with Crippen LogP contribution in [0.25, 0.3) is 0 Å². The number of hydrogen-bond acceptors (Lipinski definition) is 4. The van der Waals surface area contributed by atoms with Gasteiger partial charge in [0.05, 0.1) is 11.3 Å². The Hall–Kier alpha value is -2.12. The van der Waals surface area contributed by atoms with Crippen LogP contribution in [-0.2, 0) is 9.59 Å². The van der Waals surface area contributed by atoms with E-state index in [4.69, 9.17) is 11.6 Å². The fraction of sp³-hybridized carbons (Fsp3) is 0.357. The lowest BCUT2D eigenvalue weighted by molar-refractivity contribution is -0.128. The summed E-state index contributed by atoms with van der Waals surface area (Å²) >= 11 is 5.43. The molecule has 22 heavy (non-hydrogen) atoms. The SMILES string of the molecule is O=C(CCl)Nc1ccccc1C(=O)NC1CCC(O)NC1=O. The fourth-order valence-corrected chi connectivity index (χ4v) is 2.21. The molecule has 4 N–H and O–H groups in total. The molecule has 1 aliphatic rings. The predicted molar refractivity (Wildman–Crippen MR) is 80.4 cm³/mol. The van der Waals surface area contributed by atoms with E-state index in [1.54, 1.807) is 18.2 Å². The zero-order valence-corrected chi connectivity index (χ0v) is 12.4. The van der Waals surface area contributed by atoms with Gasteiger partial charge in [0.15, 0.2) is 0 Å². The number of halogens is 1. The molecule has 3 amide bonds. The van der Waals surface area contributed by atoms with Crippen LogP contribution in [0.2, 0.25) is 0 Å². The number of aliphatic hydroxyl groups is 1. The van der Waals surface area contributed by atoms with E-state index >= 15 is 0 Å². The van der Waals surface area contributed by atoms with Crippen molar-refractivity contribution in [2.45, 2.75) is 25.1 Å². The molecule has 0 bridgehead atoms. The molecule has 1 aromatic carbocycles. The molecule has 7 nitrogen and oxygen atoms in total.